The predicted octanol–water partition coefficient (Wildman–Crippen LogP) is 2.55. The molecule has 0 aliphatic heterocycles. The number of amides is 1. The highest BCUT2D eigenvalue weighted by atomic mass is 16.6. The molecule has 1 amide bonds. The number of nitrogens with zero attached hydrogens (tertiary/aromatic N) is 3. The zero-order chi connectivity index (χ0) is 18.7. The SMILES string of the molecule is CCc1cc2c(OC(=O)N=c3ccn(O)cc3OC)cnc(OC)c2o1. The van der Waals surface area contributed by atoms with Gasteiger partial charge in [-0.2, -0.15) is 9.72 Å². The summed E-state index contributed by atoms with van der Waals surface area (Å²) in [6.07, 6.45) is 3.74. The highest BCUT2D eigenvalue weighted by molar-refractivity contribution is 5.90. The third kappa shape index (κ3) is 3.32. The number of methoxy groups -OCH3 is 2. The molecule has 0 radical (unpaired) electrons. The summed E-state index contributed by atoms with van der Waals surface area (Å²) in [6.45, 7) is 1.94. The zero-order valence-electron chi connectivity index (χ0n) is 14.4. The molecule has 3 heterocycles. The first kappa shape index (κ1) is 17.3. The van der Waals surface area contributed by atoms with E-state index in [1.807, 2.05) is 6.92 Å². The van der Waals surface area contributed by atoms with E-state index in [4.69, 9.17) is 18.6 Å². The van der Waals surface area contributed by atoms with Crippen LogP contribution in [0.3, 0.4) is 0 Å². The van der Waals surface area contributed by atoms with Crippen molar-refractivity contribution in [3.8, 4) is 17.4 Å². The number of furan rings is 1. The Kier molecular flexibility index (Phi) is 4.78. The van der Waals surface area contributed by atoms with Crippen molar-refractivity contribution in [2.75, 3.05) is 14.2 Å². The Morgan fingerprint density at radius 1 is 1.35 bits per heavy atom. The molecule has 0 atom stereocenters. The summed E-state index contributed by atoms with van der Waals surface area (Å²) in [5.74, 6) is 1.41. The molecular formula is C17H17N3O6. The topological polar surface area (TPSA) is 108 Å². The molecule has 9 heteroatoms. The van der Waals surface area contributed by atoms with Gasteiger partial charge in [-0.1, -0.05) is 6.92 Å². The lowest BCUT2D eigenvalue weighted by Crippen LogP contribution is -2.14. The van der Waals surface area contributed by atoms with Crippen molar-refractivity contribution >= 4 is 17.1 Å². The van der Waals surface area contributed by atoms with Crippen molar-refractivity contribution in [1.29, 1.82) is 0 Å². The van der Waals surface area contributed by atoms with Crippen molar-refractivity contribution in [2.24, 2.45) is 4.99 Å². The maximum absolute atomic E-state index is 12.2. The number of fused-ring (bicyclic) bond motifs is 1. The summed E-state index contributed by atoms with van der Waals surface area (Å²) in [7, 11) is 2.88. The predicted molar refractivity (Wildman–Crippen MR) is 89.7 cm³/mol. The van der Waals surface area contributed by atoms with Crippen LogP contribution >= 0.6 is 0 Å². The van der Waals surface area contributed by atoms with Crippen molar-refractivity contribution in [1.82, 2.24) is 9.71 Å². The highest BCUT2D eigenvalue weighted by Crippen LogP contribution is 2.34. The minimum Gasteiger partial charge on any atom is -0.493 e. The molecule has 0 saturated carbocycles. The Hall–Kier alpha value is -3.49. The van der Waals surface area contributed by atoms with Crippen molar-refractivity contribution in [3.63, 3.8) is 0 Å². The van der Waals surface area contributed by atoms with E-state index >= 15 is 0 Å². The fourth-order valence-corrected chi connectivity index (χ4v) is 2.35. The molecule has 0 saturated heterocycles. The molecule has 0 unspecified atom stereocenters. The monoisotopic (exact) mass is 359 g/mol. The van der Waals surface area contributed by atoms with E-state index in [9.17, 15) is 10.0 Å². The quantitative estimate of drug-likeness (QED) is 0.713. The molecular weight excluding hydrogens is 342 g/mol. The summed E-state index contributed by atoms with van der Waals surface area (Å²) in [5.41, 5.74) is 0.397. The van der Waals surface area contributed by atoms with Gasteiger partial charge in [0, 0.05) is 12.6 Å². The largest absolute Gasteiger partial charge is 0.493 e. The number of carbonyl (C=O) groups is 1. The van der Waals surface area contributed by atoms with Crippen LogP contribution in [0.25, 0.3) is 11.0 Å². The standard InChI is InChI=1S/C17H17N3O6/c1-4-10-7-11-13(8-18-16(24-3)15(11)25-10)26-17(21)19-12-5-6-20(22)9-14(12)23-2/h5-9,22H,4H2,1-3H3. The number of hydrogen-bond acceptors (Lipinski definition) is 7. The van der Waals surface area contributed by atoms with Crippen LogP contribution in [-0.2, 0) is 6.42 Å². The smallest absolute Gasteiger partial charge is 0.439 e. The second-order valence-electron chi connectivity index (χ2n) is 5.20. The number of aromatic nitrogens is 2. The van der Waals surface area contributed by atoms with Gasteiger partial charge in [0.05, 0.1) is 32.0 Å². The Balaban J connectivity index is 1.98. The second-order valence-corrected chi connectivity index (χ2v) is 5.20. The van der Waals surface area contributed by atoms with E-state index in [1.54, 1.807) is 6.07 Å². The normalized spacial score (nSPS) is 11.6. The molecule has 3 rings (SSSR count). The maximum atomic E-state index is 12.2. The zero-order valence-corrected chi connectivity index (χ0v) is 14.4. The molecule has 0 aliphatic rings. The summed E-state index contributed by atoms with van der Waals surface area (Å²) < 4.78 is 22.0. The number of carbonyl (C=O) groups excluding carboxylic acids is 1. The van der Waals surface area contributed by atoms with Crippen LogP contribution < -0.4 is 19.6 Å². The molecule has 3 aromatic rings. The number of pyridine rings is 2. The van der Waals surface area contributed by atoms with Gasteiger partial charge in [-0.3, -0.25) is 0 Å². The van der Waals surface area contributed by atoms with Crippen LogP contribution in [0.4, 0.5) is 4.79 Å². The average Bonchev–Trinajstić information content (AvgIpc) is 3.08. The minimum absolute atomic E-state index is 0.199. The summed E-state index contributed by atoms with van der Waals surface area (Å²) in [6, 6.07) is 3.18. The van der Waals surface area contributed by atoms with E-state index < -0.39 is 6.09 Å². The van der Waals surface area contributed by atoms with Crippen LogP contribution in [0.5, 0.6) is 17.4 Å². The van der Waals surface area contributed by atoms with Gasteiger partial charge in [-0.25, -0.2) is 9.78 Å². The summed E-state index contributed by atoms with van der Waals surface area (Å²) in [4.78, 5) is 20.1. The Labute approximate surface area is 148 Å². The van der Waals surface area contributed by atoms with Crippen LogP contribution in [0.15, 0.2) is 40.1 Å². The average molecular weight is 359 g/mol. The molecule has 0 bridgehead atoms. The van der Waals surface area contributed by atoms with E-state index in [1.165, 1.54) is 38.9 Å². The molecule has 9 nitrogen and oxygen atoms in total. The van der Waals surface area contributed by atoms with Crippen molar-refractivity contribution in [3.05, 3.63) is 41.8 Å². The van der Waals surface area contributed by atoms with Crippen LogP contribution in [0.2, 0.25) is 0 Å². The van der Waals surface area contributed by atoms with Crippen molar-refractivity contribution < 1.29 is 28.6 Å². The van der Waals surface area contributed by atoms with E-state index in [-0.39, 0.29) is 16.9 Å². The Morgan fingerprint density at radius 2 is 2.15 bits per heavy atom. The number of aryl methyl sites for hydroxylation is 1. The van der Waals surface area contributed by atoms with Gasteiger partial charge >= 0.3 is 6.09 Å². The van der Waals surface area contributed by atoms with Gasteiger partial charge in [0.15, 0.2) is 17.1 Å². The molecule has 0 fully saturated rings. The molecule has 1 N–H and O–H groups in total. The van der Waals surface area contributed by atoms with E-state index in [0.717, 1.165) is 4.73 Å². The second kappa shape index (κ2) is 7.18. The molecule has 0 aromatic carbocycles. The van der Waals surface area contributed by atoms with Crippen LogP contribution in [0.1, 0.15) is 12.7 Å². The first-order chi connectivity index (χ1) is 12.5. The maximum Gasteiger partial charge on any atom is 0.439 e. The fourth-order valence-electron chi connectivity index (χ4n) is 2.35. The molecule has 0 spiro atoms. The first-order valence-corrected chi connectivity index (χ1v) is 7.73. The number of hydrogen-bond donors (Lipinski definition) is 1. The molecule has 136 valence electrons. The highest BCUT2D eigenvalue weighted by Gasteiger charge is 2.17. The van der Waals surface area contributed by atoms with Crippen LogP contribution in [0, 0.1) is 0 Å². The number of ether oxygens (including phenoxy) is 3. The molecule has 3 aromatic heterocycles. The van der Waals surface area contributed by atoms with Gasteiger partial charge in [-0.05, 0) is 12.1 Å². The van der Waals surface area contributed by atoms with Gasteiger partial charge in [-0.15, -0.1) is 0 Å². The van der Waals surface area contributed by atoms with Gasteiger partial charge in [0.1, 0.15) is 11.1 Å². The lowest BCUT2D eigenvalue weighted by Gasteiger charge is -2.05. The Bertz CT molecular complexity index is 1020. The van der Waals surface area contributed by atoms with Crippen LogP contribution in [-0.4, -0.2) is 35.2 Å². The first-order valence-electron chi connectivity index (χ1n) is 7.73. The minimum atomic E-state index is -0.869. The summed E-state index contributed by atoms with van der Waals surface area (Å²) >= 11 is 0. The van der Waals surface area contributed by atoms with Gasteiger partial charge in [0.25, 0.3) is 5.88 Å². The third-order valence-electron chi connectivity index (χ3n) is 3.60. The van der Waals surface area contributed by atoms with Crippen molar-refractivity contribution in [2.45, 2.75) is 13.3 Å². The molecule has 0 aliphatic carbocycles. The van der Waals surface area contributed by atoms with E-state index in [2.05, 4.69) is 9.98 Å². The lowest BCUT2D eigenvalue weighted by atomic mass is 10.2. The van der Waals surface area contributed by atoms with E-state index in [0.29, 0.717) is 29.0 Å². The fraction of sp³-hybridized carbons (Fsp3) is 0.235. The number of rotatable bonds is 4. The molecule has 26 heavy (non-hydrogen) atoms. The Morgan fingerprint density at radius 3 is 2.85 bits per heavy atom. The lowest BCUT2D eigenvalue weighted by molar-refractivity contribution is 0.180. The van der Waals surface area contributed by atoms with Gasteiger partial charge in [0.2, 0.25) is 0 Å². The third-order valence-corrected chi connectivity index (χ3v) is 3.60. The van der Waals surface area contributed by atoms with Gasteiger partial charge < -0.3 is 23.8 Å². The summed E-state index contributed by atoms with van der Waals surface area (Å²) in [5, 5.41) is 10.2.